The zero-order chi connectivity index (χ0) is 13.5. The van der Waals surface area contributed by atoms with E-state index in [1.54, 1.807) is 7.11 Å². The number of carbonyl (C=O) groups is 1. The number of methoxy groups -OCH3 is 1. The molecule has 1 heterocycles. The van der Waals surface area contributed by atoms with E-state index < -0.39 is 0 Å². The second-order valence-electron chi connectivity index (χ2n) is 3.94. The first-order valence-corrected chi connectivity index (χ1v) is 6.44. The second-order valence-corrected chi connectivity index (χ2v) is 4.79. The van der Waals surface area contributed by atoms with Crippen molar-refractivity contribution in [3.05, 3.63) is 22.3 Å². The number of hydrogen-bond donors (Lipinski definition) is 1. The predicted molar refractivity (Wildman–Crippen MR) is 74.8 cm³/mol. The Morgan fingerprint density at radius 2 is 2.28 bits per heavy atom. The number of hydrogen-bond acceptors (Lipinski definition) is 4. The summed E-state index contributed by atoms with van der Waals surface area (Å²) in [6.07, 6.45) is 0. The van der Waals surface area contributed by atoms with Gasteiger partial charge in [-0.1, -0.05) is 0 Å². The SMILES string of the molecule is COCCNC(=O)CN(C)c1ccc(Br)c(C)n1. The van der Waals surface area contributed by atoms with E-state index in [1.807, 2.05) is 31.0 Å². The summed E-state index contributed by atoms with van der Waals surface area (Å²) in [5.41, 5.74) is 0.902. The molecule has 0 unspecified atom stereocenters. The third-order valence-electron chi connectivity index (χ3n) is 2.41. The topological polar surface area (TPSA) is 54.5 Å². The highest BCUT2D eigenvalue weighted by molar-refractivity contribution is 9.10. The largest absolute Gasteiger partial charge is 0.383 e. The molecule has 0 aliphatic carbocycles. The van der Waals surface area contributed by atoms with Crippen LogP contribution in [0.3, 0.4) is 0 Å². The molecule has 0 atom stereocenters. The summed E-state index contributed by atoms with van der Waals surface area (Å²) >= 11 is 3.40. The minimum absolute atomic E-state index is 0.0445. The van der Waals surface area contributed by atoms with Crippen LogP contribution in [0.1, 0.15) is 5.69 Å². The zero-order valence-corrected chi connectivity index (χ0v) is 12.5. The lowest BCUT2D eigenvalue weighted by Gasteiger charge is -2.18. The van der Waals surface area contributed by atoms with Gasteiger partial charge in [0.05, 0.1) is 18.8 Å². The quantitative estimate of drug-likeness (QED) is 0.805. The number of amides is 1. The molecule has 0 aliphatic heterocycles. The summed E-state index contributed by atoms with van der Waals surface area (Å²) in [5, 5.41) is 2.77. The van der Waals surface area contributed by atoms with Crippen molar-refractivity contribution in [2.75, 3.05) is 38.8 Å². The highest BCUT2D eigenvalue weighted by atomic mass is 79.9. The van der Waals surface area contributed by atoms with Crippen LogP contribution in [-0.2, 0) is 9.53 Å². The number of nitrogens with one attached hydrogen (secondary N) is 1. The molecule has 0 aliphatic rings. The van der Waals surface area contributed by atoms with Crippen LogP contribution < -0.4 is 10.2 Å². The lowest BCUT2D eigenvalue weighted by atomic mass is 10.3. The van der Waals surface area contributed by atoms with Crippen LogP contribution in [-0.4, -0.2) is 44.7 Å². The first-order valence-electron chi connectivity index (χ1n) is 5.64. The van der Waals surface area contributed by atoms with Gasteiger partial charge in [-0.2, -0.15) is 0 Å². The molecule has 1 aromatic heterocycles. The van der Waals surface area contributed by atoms with E-state index in [1.165, 1.54) is 0 Å². The van der Waals surface area contributed by atoms with E-state index in [0.717, 1.165) is 16.0 Å². The first kappa shape index (κ1) is 14.9. The van der Waals surface area contributed by atoms with E-state index in [2.05, 4.69) is 26.2 Å². The summed E-state index contributed by atoms with van der Waals surface area (Å²) in [6.45, 7) is 3.24. The molecular formula is C12H18BrN3O2. The number of nitrogens with zero attached hydrogens (tertiary/aromatic N) is 2. The molecule has 0 aromatic carbocycles. The maximum absolute atomic E-state index is 11.6. The number of carbonyl (C=O) groups excluding carboxylic acids is 1. The number of pyridine rings is 1. The summed E-state index contributed by atoms with van der Waals surface area (Å²) in [5.74, 6) is 0.731. The number of anilines is 1. The van der Waals surface area contributed by atoms with Crippen molar-refractivity contribution in [2.45, 2.75) is 6.92 Å². The highest BCUT2D eigenvalue weighted by Gasteiger charge is 2.09. The molecule has 0 spiro atoms. The lowest BCUT2D eigenvalue weighted by Crippen LogP contribution is -2.37. The lowest BCUT2D eigenvalue weighted by molar-refractivity contribution is -0.119. The Balaban J connectivity index is 2.51. The Morgan fingerprint density at radius 3 is 2.89 bits per heavy atom. The summed E-state index contributed by atoms with van der Waals surface area (Å²) in [4.78, 5) is 17.8. The highest BCUT2D eigenvalue weighted by Crippen LogP contribution is 2.17. The molecule has 0 radical (unpaired) electrons. The number of ether oxygens (including phenoxy) is 1. The van der Waals surface area contributed by atoms with Crippen LogP contribution >= 0.6 is 15.9 Å². The minimum atomic E-state index is -0.0445. The monoisotopic (exact) mass is 315 g/mol. The summed E-state index contributed by atoms with van der Waals surface area (Å²) < 4.78 is 5.83. The number of aryl methyl sites for hydroxylation is 1. The molecule has 1 rings (SSSR count). The van der Waals surface area contributed by atoms with Gasteiger partial charge in [0.2, 0.25) is 5.91 Å². The minimum Gasteiger partial charge on any atom is -0.383 e. The van der Waals surface area contributed by atoms with Gasteiger partial charge in [-0.3, -0.25) is 4.79 Å². The molecule has 1 amide bonds. The van der Waals surface area contributed by atoms with Gasteiger partial charge >= 0.3 is 0 Å². The molecule has 0 fully saturated rings. The molecule has 100 valence electrons. The smallest absolute Gasteiger partial charge is 0.239 e. The fourth-order valence-electron chi connectivity index (χ4n) is 1.39. The van der Waals surface area contributed by atoms with E-state index in [4.69, 9.17) is 4.74 Å². The molecular weight excluding hydrogens is 298 g/mol. The number of aromatic nitrogens is 1. The van der Waals surface area contributed by atoms with Crippen molar-refractivity contribution < 1.29 is 9.53 Å². The fourth-order valence-corrected chi connectivity index (χ4v) is 1.61. The zero-order valence-electron chi connectivity index (χ0n) is 10.9. The Labute approximate surface area is 116 Å². The van der Waals surface area contributed by atoms with Crippen LogP contribution in [0, 0.1) is 6.92 Å². The summed E-state index contributed by atoms with van der Waals surface area (Å²) in [6, 6.07) is 3.80. The molecule has 1 N–H and O–H groups in total. The van der Waals surface area contributed by atoms with E-state index in [0.29, 0.717) is 13.2 Å². The van der Waals surface area contributed by atoms with Crippen molar-refractivity contribution >= 4 is 27.7 Å². The second kappa shape index (κ2) is 7.33. The maximum atomic E-state index is 11.6. The Kier molecular flexibility index (Phi) is 6.07. The van der Waals surface area contributed by atoms with E-state index in [9.17, 15) is 4.79 Å². The molecule has 5 nitrogen and oxygen atoms in total. The van der Waals surface area contributed by atoms with E-state index in [-0.39, 0.29) is 12.5 Å². The van der Waals surface area contributed by atoms with Gasteiger partial charge in [0.1, 0.15) is 5.82 Å². The molecule has 0 saturated heterocycles. The Hall–Kier alpha value is -1.14. The van der Waals surface area contributed by atoms with Crippen LogP contribution in [0.5, 0.6) is 0 Å². The normalized spacial score (nSPS) is 10.2. The van der Waals surface area contributed by atoms with Crippen molar-refractivity contribution in [1.29, 1.82) is 0 Å². The first-order chi connectivity index (χ1) is 8.54. The van der Waals surface area contributed by atoms with Crippen LogP contribution in [0.4, 0.5) is 5.82 Å². The average Bonchev–Trinajstić information content (AvgIpc) is 2.33. The van der Waals surface area contributed by atoms with Crippen molar-refractivity contribution in [2.24, 2.45) is 0 Å². The molecule has 6 heteroatoms. The average molecular weight is 316 g/mol. The Morgan fingerprint density at radius 1 is 1.56 bits per heavy atom. The van der Waals surface area contributed by atoms with Crippen LogP contribution in [0.15, 0.2) is 16.6 Å². The van der Waals surface area contributed by atoms with Crippen molar-refractivity contribution in [3.8, 4) is 0 Å². The third-order valence-corrected chi connectivity index (χ3v) is 3.25. The van der Waals surface area contributed by atoms with Gasteiger partial charge in [0, 0.05) is 25.2 Å². The van der Waals surface area contributed by atoms with Crippen LogP contribution in [0.2, 0.25) is 0 Å². The molecule has 1 aromatic rings. The number of likely N-dealkylation sites (N-methyl/N-ethyl adjacent to an activating group) is 1. The molecule has 0 saturated carbocycles. The Bertz CT molecular complexity index is 412. The van der Waals surface area contributed by atoms with Gasteiger partial charge in [-0.25, -0.2) is 4.98 Å². The van der Waals surface area contributed by atoms with Gasteiger partial charge in [0.25, 0.3) is 0 Å². The van der Waals surface area contributed by atoms with Gasteiger partial charge in [-0.15, -0.1) is 0 Å². The molecule has 18 heavy (non-hydrogen) atoms. The number of rotatable bonds is 6. The van der Waals surface area contributed by atoms with E-state index >= 15 is 0 Å². The van der Waals surface area contributed by atoms with Gasteiger partial charge < -0.3 is 15.0 Å². The third kappa shape index (κ3) is 4.62. The maximum Gasteiger partial charge on any atom is 0.239 e. The molecule has 0 bridgehead atoms. The van der Waals surface area contributed by atoms with Crippen LogP contribution in [0.25, 0.3) is 0 Å². The van der Waals surface area contributed by atoms with Gasteiger partial charge in [0.15, 0.2) is 0 Å². The van der Waals surface area contributed by atoms with Gasteiger partial charge in [-0.05, 0) is 35.0 Å². The number of halogens is 1. The summed E-state index contributed by atoms with van der Waals surface area (Å²) in [7, 11) is 3.44. The van der Waals surface area contributed by atoms with Crippen molar-refractivity contribution in [1.82, 2.24) is 10.3 Å². The fraction of sp³-hybridized carbons (Fsp3) is 0.500. The predicted octanol–water partition coefficient (Wildman–Crippen LogP) is 1.35. The standard InChI is InChI=1S/C12H18BrN3O2/c1-9-10(13)4-5-11(15-9)16(2)8-12(17)14-6-7-18-3/h4-5H,6-8H2,1-3H3,(H,14,17). The van der Waals surface area contributed by atoms with Crippen molar-refractivity contribution in [3.63, 3.8) is 0 Å².